The summed E-state index contributed by atoms with van der Waals surface area (Å²) in [5.41, 5.74) is 12.8. The van der Waals surface area contributed by atoms with Gasteiger partial charge in [0.1, 0.15) is 29.0 Å². The van der Waals surface area contributed by atoms with Crippen molar-refractivity contribution < 1.29 is 9.57 Å². The van der Waals surface area contributed by atoms with Crippen LogP contribution in [0, 0.1) is 0 Å². The summed E-state index contributed by atoms with van der Waals surface area (Å²) in [7, 11) is 0. The zero-order chi connectivity index (χ0) is 18.5. The van der Waals surface area contributed by atoms with Gasteiger partial charge in [-0.05, 0) is 32.4 Å². The molecule has 0 saturated heterocycles. The van der Waals surface area contributed by atoms with E-state index in [4.69, 9.17) is 15.3 Å². The zero-order valence-electron chi connectivity index (χ0n) is 15.2. The summed E-state index contributed by atoms with van der Waals surface area (Å²) in [6, 6.07) is 3.75. The van der Waals surface area contributed by atoms with Gasteiger partial charge in [0.25, 0.3) is 0 Å². The number of nitrogens with zero attached hydrogens (tertiary/aromatic N) is 4. The van der Waals surface area contributed by atoms with Gasteiger partial charge in [0, 0.05) is 25.0 Å². The number of nitrogens with one attached hydrogen (secondary N) is 1. The van der Waals surface area contributed by atoms with E-state index in [9.17, 15) is 0 Å². The van der Waals surface area contributed by atoms with Crippen LogP contribution in [0.4, 0.5) is 5.82 Å². The molecule has 3 N–H and O–H groups in total. The monoisotopic (exact) mass is 356 g/mol. The second kappa shape index (κ2) is 8.11. The largest absolute Gasteiger partial charge is 0.382 e. The first kappa shape index (κ1) is 18.1. The Kier molecular flexibility index (Phi) is 5.65. The zero-order valence-corrected chi connectivity index (χ0v) is 15.2. The average Bonchev–Trinajstić information content (AvgIpc) is 2.99. The van der Waals surface area contributed by atoms with Crippen LogP contribution in [0.5, 0.6) is 0 Å². The van der Waals surface area contributed by atoms with Crippen molar-refractivity contribution in [3.63, 3.8) is 0 Å². The van der Waals surface area contributed by atoms with Crippen LogP contribution in [-0.4, -0.2) is 32.7 Å². The third-order valence-electron chi connectivity index (χ3n) is 3.85. The number of rotatable bonds is 9. The number of aryl methyl sites for hydroxylation is 1. The van der Waals surface area contributed by atoms with Crippen LogP contribution in [0.2, 0.25) is 0 Å². The van der Waals surface area contributed by atoms with Crippen LogP contribution in [0.3, 0.4) is 0 Å². The quantitative estimate of drug-likeness (QED) is 0.449. The molecule has 3 aromatic rings. The van der Waals surface area contributed by atoms with Crippen LogP contribution < -0.4 is 11.2 Å². The first-order valence-corrected chi connectivity index (χ1v) is 8.62. The Bertz CT molecular complexity index is 921. The Morgan fingerprint density at radius 1 is 1.35 bits per heavy atom. The van der Waals surface area contributed by atoms with Crippen molar-refractivity contribution in [2.75, 3.05) is 18.9 Å². The van der Waals surface area contributed by atoms with Gasteiger partial charge in [-0.1, -0.05) is 6.58 Å². The van der Waals surface area contributed by atoms with E-state index >= 15 is 0 Å². The SMILES string of the molecule is C=C(C)NOCCCn1c(COCC)nc2c(N)nc3cccnc3c21. The molecule has 0 aliphatic carbocycles. The maximum Gasteiger partial charge on any atom is 0.152 e. The maximum atomic E-state index is 6.14. The van der Waals surface area contributed by atoms with Crippen LogP contribution in [0.25, 0.3) is 22.1 Å². The predicted octanol–water partition coefficient (Wildman–Crippen LogP) is 2.54. The van der Waals surface area contributed by atoms with Crippen molar-refractivity contribution >= 4 is 27.9 Å². The summed E-state index contributed by atoms with van der Waals surface area (Å²) in [6.45, 7) is 9.79. The van der Waals surface area contributed by atoms with Crippen molar-refractivity contribution in [3.05, 3.63) is 36.4 Å². The van der Waals surface area contributed by atoms with Gasteiger partial charge in [0.15, 0.2) is 5.82 Å². The van der Waals surface area contributed by atoms with E-state index in [1.54, 1.807) is 6.20 Å². The van der Waals surface area contributed by atoms with Gasteiger partial charge >= 0.3 is 0 Å². The number of hydroxylamine groups is 1. The van der Waals surface area contributed by atoms with Crippen LogP contribution >= 0.6 is 0 Å². The topological polar surface area (TPSA) is 100 Å². The molecular formula is C18H24N6O2. The fraction of sp³-hybridized carbons (Fsp3) is 0.389. The van der Waals surface area contributed by atoms with Crippen molar-refractivity contribution in [1.29, 1.82) is 0 Å². The lowest BCUT2D eigenvalue weighted by molar-refractivity contribution is 0.0589. The smallest absolute Gasteiger partial charge is 0.152 e. The molecule has 138 valence electrons. The lowest BCUT2D eigenvalue weighted by Crippen LogP contribution is -2.14. The Morgan fingerprint density at radius 3 is 2.96 bits per heavy atom. The Balaban J connectivity index is 1.97. The first-order chi connectivity index (χ1) is 12.6. The molecule has 0 radical (unpaired) electrons. The van der Waals surface area contributed by atoms with E-state index in [0.717, 1.165) is 34.5 Å². The number of allylic oxidation sites excluding steroid dienone is 1. The third kappa shape index (κ3) is 3.76. The minimum atomic E-state index is 0.400. The number of nitrogen functional groups attached to an aromatic ring is 1. The maximum absolute atomic E-state index is 6.14. The third-order valence-corrected chi connectivity index (χ3v) is 3.85. The minimum Gasteiger partial charge on any atom is -0.382 e. The highest BCUT2D eigenvalue weighted by molar-refractivity contribution is 6.04. The Hall–Kier alpha value is -2.71. The number of fused-ring (bicyclic) bond motifs is 3. The summed E-state index contributed by atoms with van der Waals surface area (Å²) in [5, 5.41) is 0. The van der Waals surface area contributed by atoms with Crippen LogP contribution in [-0.2, 0) is 22.7 Å². The molecule has 8 nitrogen and oxygen atoms in total. The van der Waals surface area contributed by atoms with Crippen molar-refractivity contribution in [2.45, 2.75) is 33.4 Å². The molecule has 0 aromatic carbocycles. The van der Waals surface area contributed by atoms with E-state index in [2.05, 4.69) is 31.6 Å². The number of aromatic nitrogens is 4. The number of ether oxygens (including phenoxy) is 1. The number of anilines is 1. The fourth-order valence-electron chi connectivity index (χ4n) is 2.78. The summed E-state index contributed by atoms with van der Waals surface area (Å²) < 4.78 is 7.68. The van der Waals surface area contributed by atoms with Crippen LogP contribution in [0.15, 0.2) is 30.6 Å². The molecule has 3 aromatic heterocycles. The highest BCUT2D eigenvalue weighted by Gasteiger charge is 2.17. The normalized spacial score (nSPS) is 11.3. The summed E-state index contributed by atoms with van der Waals surface area (Å²) >= 11 is 0. The molecule has 0 saturated carbocycles. The second-order valence-corrected chi connectivity index (χ2v) is 5.97. The number of pyridine rings is 2. The predicted molar refractivity (Wildman–Crippen MR) is 101 cm³/mol. The molecule has 0 aliphatic heterocycles. The molecule has 0 atom stereocenters. The highest BCUT2D eigenvalue weighted by Crippen LogP contribution is 2.27. The number of imidazole rings is 1. The molecular weight excluding hydrogens is 332 g/mol. The van der Waals surface area contributed by atoms with Gasteiger partial charge in [-0.25, -0.2) is 9.97 Å². The van der Waals surface area contributed by atoms with Crippen molar-refractivity contribution in [2.24, 2.45) is 0 Å². The second-order valence-electron chi connectivity index (χ2n) is 5.97. The molecule has 0 fully saturated rings. The lowest BCUT2D eigenvalue weighted by atomic mass is 10.2. The van der Waals surface area contributed by atoms with Gasteiger partial charge in [0.2, 0.25) is 0 Å². The lowest BCUT2D eigenvalue weighted by Gasteiger charge is -2.11. The van der Waals surface area contributed by atoms with E-state index in [1.807, 2.05) is 26.0 Å². The number of nitrogens with two attached hydrogens (primary N) is 1. The van der Waals surface area contributed by atoms with E-state index < -0.39 is 0 Å². The Labute approximate surface area is 152 Å². The molecule has 8 heteroatoms. The standard InChI is InChI=1S/C18H24N6O2/c1-4-25-11-14-22-16-17(24(14)9-6-10-26-23-12(2)3)15-13(21-18(16)19)7-5-8-20-15/h5,7-8,23H,2,4,6,9-11H2,1,3H3,(H2,19,21). The molecule has 3 heterocycles. The van der Waals surface area contributed by atoms with Crippen molar-refractivity contribution in [3.8, 4) is 0 Å². The molecule has 3 rings (SSSR count). The highest BCUT2D eigenvalue weighted by atomic mass is 16.6. The number of hydrogen-bond acceptors (Lipinski definition) is 7. The first-order valence-electron chi connectivity index (χ1n) is 8.62. The number of hydrogen-bond donors (Lipinski definition) is 2. The van der Waals surface area contributed by atoms with Gasteiger partial charge in [-0.3, -0.25) is 15.3 Å². The Morgan fingerprint density at radius 2 is 2.19 bits per heavy atom. The van der Waals surface area contributed by atoms with Gasteiger partial charge in [-0.2, -0.15) is 0 Å². The van der Waals surface area contributed by atoms with E-state index in [0.29, 0.717) is 37.7 Å². The molecule has 0 amide bonds. The van der Waals surface area contributed by atoms with Gasteiger partial charge in [-0.15, -0.1) is 0 Å². The average molecular weight is 356 g/mol. The molecule has 0 unspecified atom stereocenters. The van der Waals surface area contributed by atoms with Gasteiger partial charge < -0.3 is 15.0 Å². The molecule has 26 heavy (non-hydrogen) atoms. The van der Waals surface area contributed by atoms with E-state index in [1.165, 1.54) is 0 Å². The molecule has 0 aliphatic rings. The molecule has 0 bridgehead atoms. The van der Waals surface area contributed by atoms with Crippen molar-refractivity contribution in [1.82, 2.24) is 25.0 Å². The summed E-state index contributed by atoms with van der Waals surface area (Å²) in [6.07, 6.45) is 2.53. The fourth-order valence-corrected chi connectivity index (χ4v) is 2.78. The summed E-state index contributed by atoms with van der Waals surface area (Å²) in [5.74, 6) is 1.21. The van der Waals surface area contributed by atoms with Crippen LogP contribution in [0.1, 0.15) is 26.1 Å². The minimum absolute atomic E-state index is 0.400. The van der Waals surface area contributed by atoms with Gasteiger partial charge in [0.05, 0.1) is 12.1 Å². The summed E-state index contributed by atoms with van der Waals surface area (Å²) in [4.78, 5) is 19.0. The van der Waals surface area contributed by atoms with E-state index in [-0.39, 0.29) is 0 Å². The molecule has 0 spiro atoms.